The zero-order valence-corrected chi connectivity index (χ0v) is 8.99. The second-order valence-electron chi connectivity index (χ2n) is 4.85. The third-order valence-corrected chi connectivity index (χ3v) is 3.29. The van der Waals surface area contributed by atoms with Gasteiger partial charge in [-0.1, -0.05) is 0 Å². The lowest BCUT2D eigenvalue weighted by molar-refractivity contribution is 0.00123. The lowest BCUT2D eigenvalue weighted by Gasteiger charge is -2.46. The first-order valence-corrected chi connectivity index (χ1v) is 5.34. The lowest BCUT2D eigenvalue weighted by Crippen LogP contribution is -2.63. The predicted molar refractivity (Wildman–Crippen MR) is 54.3 cm³/mol. The first kappa shape index (κ1) is 10.4. The Kier molecular flexibility index (Phi) is 2.79. The van der Waals surface area contributed by atoms with Crippen LogP contribution in [0.15, 0.2) is 0 Å². The van der Waals surface area contributed by atoms with Crippen molar-refractivity contribution in [2.24, 2.45) is 0 Å². The Balaban J connectivity index is 2.07. The van der Waals surface area contributed by atoms with Crippen LogP contribution in [0, 0.1) is 0 Å². The molecule has 2 rings (SSSR count). The number of piperazine rings is 1. The highest BCUT2D eigenvalue weighted by molar-refractivity contribution is 4.96. The fraction of sp³-hybridized carbons (Fsp3) is 1.00. The summed E-state index contributed by atoms with van der Waals surface area (Å²) in [5.74, 6) is 0. The molecule has 4 heteroatoms. The van der Waals surface area contributed by atoms with E-state index in [2.05, 4.69) is 24.1 Å². The molecular formula is C10H20N2O2. The minimum Gasteiger partial charge on any atom is -0.389 e. The summed E-state index contributed by atoms with van der Waals surface area (Å²) in [5.41, 5.74) is 0.123. The summed E-state index contributed by atoms with van der Waals surface area (Å²) in [4.78, 5) is 2.38. The van der Waals surface area contributed by atoms with E-state index >= 15 is 0 Å². The fourth-order valence-electron chi connectivity index (χ4n) is 2.44. The van der Waals surface area contributed by atoms with Gasteiger partial charge in [-0.05, 0) is 13.8 Å². The first-order chi connectivity index (χ1) is 6.61. The molecule has 0 aliphatic carbocycles. The Morgan fingerprint density at radius 3 is 2.79 bits per heavy atom. The number of hydrogen-bond acceptors (Lipinski definition) is 4. The molecule has 0 saturated carbocycles. The maximum Gasteiger partial charge on any atom is 0.0951 e. The second kappa shape index (κ2) is 3.77. The summed E-state index contributed by atoms with van der Waals surface area (Å²) in [5, 5.41) is 13.2. The second-order valence-corrected chi connectivity index (χ2v) is 4.85. The summed E-state index contributed by atoms with van der Waals surface area (Å²) < 4.78 is 5.30. The van der Waals surface area contributed by atoms with E-state index in [0.29, 0.717) is 13.2 Å². The first-order valence-electron chi connectivity index (χ1n) is 5.34. The van der Waals surface area contributed by atoms with Crippen molar-refractivity contribution >= 4 is 0 Å². The minimum atomic E-state index is -0.313. The van der Waals surface area contributed by atoms with Crippen molar-refractivity contribution in [1.29, 1.82) is 0 Å². The molecule has 82 valence electrons. The van der Waals surface area contributed by atoms with Gasteiger partial charge in [0.15, 0.2) is 0 Å². The molecule has 0 aromatic carbocycles. The van der Waals surface area contributed by atoms with Gasteiger partial charge >= 0.3 is 0 Å². The molecule has 2 fully saturated rings. The topological polar surface area (TPSA) is 44.7 Å². The predicted octanol–water partition coefficient (Wildman–Crippen LogP) is -0.570. The van der Waals surface area contributed by atoms with Gasteiger partial charge in [0.25, 0.3) is 0 Å². The maximum atomic E-state index is 9.79. The van der Waals surface area contributed by atoms with Gasteiger partial charge in [-0.25, -0.2) is 0 Å². The molecule has 2 aliphatic rings. The molecule has 2 saturated heterocycles. The average molecular weight is 200 g/mol. The third-order valence-electron chi connectivity index (χ3n) is 3.29. The van der Waals surface area contributed by atoms with Crippen molar-refractivity contribution in [3.8, 4) is 0 Å². The van der Waals surface area contributed by atoms with Gasteiger partial charge in [-0.3, -0.25) is 4.90 Å². The molecule has 0 bridgehead atoms. The van der Waals surface area contributed by atoms with Crippen LogP contribution in [0.5, 0.6) is 0 Å². The highest BCUT2D eigenvalue weighted by atomic mass is 16.5. The van der Waals surface area contributed by atoms with E-state index in [1.54, 1.807) is 0 Å². The maximum absolute atomic E-state index is 9.79. The quantitative estimate of drug-likeness (QED) is 0.595. The van der Waals surface area contributed by atoms with Crippen molar-refractivity contribution in [2.45, 2.75) is 31.5 Å². The van der Waals surface area contributed by atoms with Crippen molar-refractivity contribution < 1.29 is 9.84 Å². The molecule has 2 aliphatic heterocycles. The van der Waals surface area contributed by atoms with Gasteiger partial charge in [0, 0.05) is 25.2 Å². The van der Waals surface area contributed by atoms with Gasteiger partial charge in [-0.15, -0.1) is 0 Å². The average Bonchev–Trinajstić information content (AvgIpc) is 2.51. The van der Waals surface area contributed by atoms with E-state index in [4.69, 9.17) is 4.74 Å². The zero-order valence-electron chi connectivity index (χ0n) is 8.99. The summed E-state index contributed by atoms with van der Waals surface area (Å²) in [6.45, 7) is 8.57. The SMILES string of the molecule is CC1(C)CNCCN1C1COCC1O. The van der Waals surface area contributed by atoms with Gasteiger partial charge < -0.3 is 15.2 Å². The number of aliphatic hydroxyl groups excluding tert-OH is 1. The van der Waals surface area contributed by atoms with Gasteiger partial charge in [0.05, 0.1) is 25.4 Å². The standard InChI is InChI=1S/C10H20N2O2/c1-10(2)7-11-3-4-12(10)8-5-14-6-9(8)13/h8-9,11,13H,3-7H2,1-2H3. The van der Waals surface area contributed by atoms with Crippen molar-refractivity contribution in [1.82, 2.24) is 10.2 Å². The number of rotatable bonds is 1. The molecular weight excluding hydrogens is 180 g/mol. The third kappa shape index (κ3) is 1.80. The Labute approximate surface area is 85.2 Å². The molecule has 2 unspecified atom stereocenters. The Morgan fingerprint density at radius 2 is 2.21 bits per heavy atom. The molecule has 0 radical (unpaired) electrons. The lowest BCUT2D eigenvalue weighted by atomic mass is 9.96. The van der Waals surface area contributed by atoms with E-state index in [-0.39, 0.29) is 17.7 Å². The number of nitrogens with zero attached hydrogens (tertiary/aromatic N) is 1. The van der Waals surface area contributed by atoms with Gasteiger partial charge in [0.1, 0.15) is 0 Å². The van der Waals surface area contributed by atoms with Crippen LogP contribution in [0.4, 0.5) is 0 Å². The largest absolute Gasteiger partial charge is 0.389 e. The van der Waals surface area contributed by atoms with Crippen LogP contribution in [0.3, 0.4) is 0 Å². The van der Waals surface area contributed by atoms with Crippen LogP contribution in [0.25, 0.3) is 0 Å². The van der Waals surface area contributed by atoms with Crippen molar-refractivity contribution in [3.05, 3.63) is 0 Å². The number of ether oxygens (including phenoxy) is 1. The summed E-state index contributed by atoms with van der Waals surface area (Å²) in [7, 11) is 0. The Bertz CT molecular complexity index is 208. The van der Waals surface area contributed by atoms with Gasteiger partial charge in [-0.2, -0.15) is 0 Å². The molecule has 4 nitrogen and oxygen atoms in total. The highest BCUT2D eigenvalue weighted by Gasteiger charge is 2.40. The molecule has 0 aromatic heterocycles. The zero-order chi connectivity index (χ0) is 10.2. The molecule has 14 heavy (non-hydrogen) atoms. The van der Waals surface area contributed by atoms with Crippen LogP contribution < -0.4 is 5.32 Å². The molecule has 2 heterocycles. The van der Waals surface area contributed by atoms with Crippen LogP contribution >= 0.6 is 0 Å². The van der Waals surface area contributed by atoms with E-state index in [9.17, 15) is 5.11 Å². The smallest absolute Gasteiger partial charge is 0.0951 e. The summed E-state index contributed by atoms with van der Waals surface area (Å²) in [6.07, 6.45) is -0.313. The van der Waals surface area contributed by atoms with E-state index in [0.717, 1.165) is 19.6 Å². The normalized spacial score (nSPS) is 38.8. The molecule has 0 spiro atoms. The van der Waals surface area contributed by atoms with E-state index in [1.807, 2.05) is 0 Å². The molecule has 0 amide bonds. The van der Waals surface area contributed by atoms with Crippen LogP contribution in [-0.2, 0) is 4.74 Å². The van der Waals surface area contributed by atoms with Crippen LogP contribution in [-0.4, -0.2) is 60.5 Å². The number of nitrogens with one attached hydrogen (secondary N) is 1. The monoisotopic (exact) mass is 200 g/mol. The molecule has 2 N–H and O–H groups in total. The molecule has 2 atom stereocenters. The van der Waals surface area contributed by atoms with Crippen molar-refractivity contribution in [2.75, 3.05) is 32.8 Å². The van der Waals surface area contributed by atoms with E-state index in [1.165, 1.54) is 0 Å². The fourth-order valence-corrected chi connectivity index (χ4v) is 2.44. The van der Waals surface area contributed by atoms with Crippen LogP contribution in [0.1, 0.15) is 13.8 Å². The highest BCUT2D eigenvalue weighted by Crippen LogP contribution is 2.24. The summed E-state index contributed by atoms with van der Waals surface area (Å²) >= 11 is 0. The Hall–Kier alpha value is -0.160. The Morgan fingerprint density at radius 1 is 1.43 bits per heavy atom. The number of aliphatic hydroxyl groups is 1. The molecule has 0 aromatic rings. The van der Waals surface area contributed by atoms with Crippen LogP contribution in [0.2, 0.25) is 0 Å². The van der Waals surface area contributed by atoms with Crippen molar-refractivity contribution in [3.63, 3.8) is 0 Å². The van der Waals surface area contributed by atoms with Gasteiger partial charge in [0.2, 0.25) is 0 Å². The number of hydrogen-bond donors (Lipinski definition) is 2. The minimum absolute atomic E-state index is 0.123. The van der Waals surface area contributed by atoms with E-state index < -0.39 is 0 Å². The summed E-state index contributed by atoms with van der Waals surface area (Å²) in [6, 6.07) is 0.187.